The molecular weight excluding hydrogens is 342 g/mol. The first kappa shape index (κ1) is 15.4. The molecule has 0 aliphatic rings. The Bertz CT molecular complexity index is 612. The van der Waals surface area contributed by atoms with Crippen molar-refractivity contribution in [1.29, 1.82) is 0 Å². The first-order chi connectivity index (χ1) is 8.73. The zero-order valence-electron chi connectivity index (χ0n) is 9.71. The van der Waals surface area contributed by atoms with Crippen LogP contribution in [-0.4, -0.2) is 38.3 Å². The normalized spacial score (nSPS) is 10.8. The Morgan fingerprint density at radius 2 is 2.00 bits per heavy atom. The lowest BCUT2D eigenvalue weighted by Gasteiger charge is -2.08. The molecule has 9 heteroatoms. The van der Waals surface area contributed by atoms with Gasteiger partial charge in [-0.2, -0.15) is 0 Å². The van der Waals surface area contributed by atoms with Crippen LogP contribution < -0.4 is 4.72 Å². The average molecular weight is 352 g/mol. The molecule has 104 valence electrons. The van der Waals surface area contributed by atoms with Crippen molar-refractivity contribution >= 4 is 43.6 Å². The molecule has 0 aromatic heterocycles. The van der Waals surface area contributed by atoms with Crippen molar-refractivity contribution < 1.29 is 27.9 Å². The molecule has 0 amide bonds. The number of methoxy groups -OCH3 is 1. The lowest BCUT2D eigenvalue weighted by atomic mass is 10.2. The van der Waals surface area contributed by atoms with Gasteiger partial charge in [-0.15, -0.1) is 0 Å². The Morgan fingerprint density at radius 1 is 1.37 bits per heavy atom. The second kappa shape index (κ2) is 6.02. The molecule has 2 N–H and O–H groups in total. The number of hydrogen-bond donors (Lipinski definition) is 2. The summed E-state index contributed by atoms with van der Waals surface area (Å²) in [5, 5.41) is 8.84. The number of ether oxygens (including phenoxy) is 1. The first-order valence-corrected chi connectivity index (χ1v) is 7.29. The van der Waals surface area contributed by atoms with Gasteiger partial charge < -0.3 is 9.84 Å². The van der Waals surface area contributed by atoms with Crippen molar-refractivity contribution in [1.82, 2.24) is 0 Å². The number of benzene rings is 1. The number of esters is 1. The zero-order chi connectivity index (χ0) is 14.6. The van der Waals surface area contributed by atoms with E-state index in [-0.39, 0.29) is 11.3 Å². The Kier molecular flexibility index (Phi) is 4.90. The Labute approximate surface area is 117 Å². The van der Waals surface area contributed by atoms with Gasteiger partial charge in [0.25, 0.3) is 0 Å². The molecule has 0 atom stereocenters. The summed E-state index contributed by atoms with van der Waals surface area (Å²) >= 11 is 3.06. The molecule has 19 heavy (non-hydrogen) atoms. The highest BCUT2D eigenvalue weighted by Gasteiger charge is 2.18. The van der Waals surface area contributed by atoms with E-state index < -0.39 is 27.7 Å². The Balaban J connectivity index is 2.99. The molecule has 1 aromatic rings. The van der Waals surface area contributed by atoms with Crippen molar-refractivity contribution in [2.24, 2.45) is 0 Å². The highest BCUT2D eigenvalue weighted by Crippen LogP contribution is 2.20. The number of nitrogens with one attached hydrogen (secondary N) is 1. The van der Waals surface area contributed by atoms with Crippen LogP contribution in [0.4, 0.5) is 5.69 Å². The van der Waals surface area contributed by atoms with Gasteiger partial charge >= 0.3 is 11.9 Å². The molecule has 1 aromatic carbocycles. The summed E-state index contributed by atoms with van der Waals surface area (Å²) in [6, 6.07) is 3.84. The average Bonchev–Trinajstić information content (AvgIpc) is 2.26. The van der Waals surface area contributed by atoms with E-state index in [9.17, 15) is 18.0 Å². The summed E-state index contributed by atoms with van der Waals surface area (Å²) in [5.41, 5.74) is -0.0548. The highest BCUT2D eigenvalue weighted by atomic mass is 79.9. The van der Waals surface area contributed by atoms with Gasteiger partial charge in [0.2, 0.25) is 10.0 Å². The number of hydrogen-bond acceptors (Lipinski definition) is 5. The van der Waals surface area contributed by atoms with Crippen LogP contribution in [0.3, 0.4) is 0 Å². The van der Waals surface area contributed by atoms with Gasteiger partial charge in [0.1, 0.15) is 0 Å². The minimum atomic E-state index is -3.94. The van der Waals surface area contributed by atoms with Crippen molar-refractivity contribution in [3.8, 4) is 0 Å². The molecule has 0 heterocycles. The fourth-order valence-electron chi connectivity index (χ4n) is 1.20. The largest absolute Gasteiger partial charge is 0.478 e. The first-order valence-electron chi connectivity index (χ1n) is 4.84. The quantitative estimate of drug-likeness (QED) is 0.767. The molecule has 0 aliphatic heterocycles. The molecule has 0 bridgehead atoms. The number of rotatable bonds is 5. The second-order valence-electron chi connectivity index (χ2n) is 3.47. The summed E-state index contributed by atoms with van der Waals surface area (Å²) in [6.45, 7) is 0. The van der Waals surface area contributed by atoms with Crippen LogP contribution in [0.15, 0.2) is 22.7 Å². The van der Waals surface area contributed by atoms with Crippen LogP contribution in [0.5, 0.6) is 0 Å². The van der Waals surface area contributed by atoms with E-state index in [0.29, 0.717) is 4.47 Å². The van der Waals surface area contributed by atoms with E-state index in [0.717, 1.165) is 13.2 Å². The molecular formula is C10H10BrNO6S. The van der Waals surface area contributed by atoms with Crippen LogP contribution in [0.2, 0.25) is 0 Å². The molecule has 0 unspecified atom stereocenters. The maximum Gasteiger partial charge on any atom is 0.335 e. The van der Waals surface area contributed by atoms with Crippen LogP contribution in [0.25, 0.3) is 0 Å². The fourth-order valence-corrected chi connectivity index (χ4v) is 2.67. The third-order valence-corrected chi connectivity index (χ3v) is 3.57. The third kappa shape index (κ3) is 4.87. The van der Waals surface area contributed by atoms with Gasteiger partial charge in [0.15, 0.2) is 5.75 Å². The van der Waals surface area contributed by atoms with Gasteiger partial charge in [0.05, 0.1) is 18.4 Å². The minimum absolute atomic E-state index is 0.0377. The van der Waals surface area contributed by atoms with Crippen molar-refractivity contribution in [2.75, 3.05) is 17.6 Å². The summed E-state index contributed by atoms with van der Waals surface area (Å²) < 4.78 is 29.9. The minimum Gasteiger partial charge on any atom is -0.478 e. The fraction of sp³-hybridized carbons (Fsp3) is 0.200. The Hall–Kier alpha value is -1.61. The number of carbonyl (C=O) groups excluding carboxylic acids is 1. The number of carboxylic acids is 1. The Morgan fingerprint density at radius 3 is 2.53 bits per heavy atom. The van der Waals surface area contributed by atoms with E-state index in [2.05, 4.69) is 25.4 Å². The maximum atomic E-state index is 11.6. The number of anilines is 1. The highest BCUT2D eigenvalue weighted by molar-refractivity contribution is 9.10. The van der Waals surface area contributed by atoms with Gasteiger partial charge in [-0.05, 0) is 18.2 Å². The lowest BCUT2D eigenvalue weighted by molar-refractivity contribution is -0.137. The lowest BCUT2D eigenvalue weighted by Crippen LogP contribution is -2.23. The maximum absolute atomic E-state index is 11.6. The molecule has 7 nitrogen and oxygen atoms in total. The number of carboxylic acid groups (broad SMARTS) is 1. The standard InChI is InChI=1S/C10H10BrNO6S/c1-18-9(13)5-19(16,17)12-8-3-6(10(14)15)2-7(11)4-8/h2-4,12H,5H2,1H3,(H,14,15). The van der Waals surface area contributed by atoms with E-state index in [1.165, 1.54) is 12.1 Å². The van der Waals surface area contributed by atoms with Gasteiger partial charge in [0, 0.05) is 4.47 Å². The van der Waals surface area contributed by atoms with Gasteiger partial charge in [-0.1, -0.05) is 15.9 Å². The topological polar surface area (TPSA) is 110 Å². The SMILES string of the molecule is COC(=O)CS(=O)(=O)Nc1cc(Br)cc(C(=O)O)c1. The number of sulfonamides is 1. The van der Waals surface area contributed by atoms with Crippen LogP contribution in [0, 0.1) is 0 Å². The summed E-state index contributed by atoms with van der Waals surface area (Å²) in [6.07, 6.45) is 0. The van der Waals surface area contributed by atoms with Crippen LogP contribution in [-0.2, 0) is 19.6 Å². The van der Waals surface area contributed by atoms with E-state index >= 15 is 0 Å². The molecule has 0 saturated heterocycles. The smallest absolute Gasteiger partial charge is 0.335 e. The van der Waals surface area contributed by atoms with Crippen molar-refractivity contribution in [2.45, 2.75) is 0 Å². The van der Waals surface area contributed by atoms with E-state index in [1.807, 2.05) is 0 Å². The van der Waals surface area contributed by atoms with Gasteiger partial charge in [-0.25, -0.2) is 13.2 Å². The third-order valence-electron chi connectivity index (χ3n) is 1.95. The molecule has 0 spiro atoms. The predicted molar refractivity (Wildman–Crippen MR) is 70.5 cm³/mol. The molecule has 0 aliphatic carbocycles. The predicted octanol–water partition coefficient (Wildman–Crippen LogP) is 1.06. The number of carbonyl (C=O) groups is 2. The van der Waals surface area contributed by atoms with E-state index in [1.54, 1.807) is 0 Å². The van der Waals surface area contributed by atoms with Crippen molar-refractivity contribution in [3.05, 3.63) is 28.2 Å². The van der Waals surface area contributed by atoms with Crippen LogP contribution >= 0.6 is 15.9 Å². The van der Waals surface area contributed by atoms with Gasteiger partial charge in [-0.3, -0.25) is 9.52 Å². The molecule has 0 fully saturated rings. The summed E-state index contributed by atoms with van der Waals surface area (Å²) in [4.78, 5) is 21.7. The van der Waals surface area contributed by atoms with Crippen LogP contribution in [0.1, 0.15) is 10.4 Å². The molecule has 0 saturated carbocycles. The summed E-state index contributed by atoms with van der Waals surface area (Å²) in [5.74, 6) is -2.96. The monoisotopic (exact) mass is 351 g/mol. The molecule has 1 rings (SSSR count). The van der Waals surface area contributed by atoms with Crippen molar-refractivity contribution in [3.63, 3.8) is 0 Å². The zero-order valence-corrected chi connectivity index (χ0v) is 12.1. The van der Waals surface area contributed by atoms with E-state index in [4.69, 9.17) is 5.11 Å². The second-order valence-corrected chi connectivity index (χ2v) is 6.11. The molecule has 0 radical (unpaired) electrons. The number of aromatic carboxylic acids is 1. The summed E-state index contributed by atoms with van der Waals surface area (Å²) in [7, 11) is -2.87. The number of halogens is 1.